The highest BCUT2D eigenvalue weighted by atomic mass is 16.5. The summed E-state index contributed by atoms with van der Waals surface area (Å²) in [5, 5.41) is 27.8. The summed E-state index contributed by atoms with van der Waals surface area (Å²) in [7, 11) is 0. The molecule has 0 aliphatic rings. The molecule has 2 rings (SSSR count). The second-order valence-corrected chi connectivity index (χ2v) is 4.29. The predicted octanol–water partition coefficient (Wildman–Crippen LogP) is 2.35. The number of aromatic hydroxyl groups is 2. The molecule has 0 spiro atoms. The lowest BCUT2D eigenvalue weighted by atomic mass is 10.0. The van der Waals surface area contributed by atoms with Crippen LogP contribution in [0, 0.1) is 0 Å². The average molecular weight is 274 g/mol. The number of phenols is 2. The zero-order chi connectivity index (χ0) is 14.5. The third kappa shape index (κ3) is 3.41. The van der Waals surface area contributed by atoms with Crippen LogP contribution in [0.4, 0.5) is 0 Å². The van der Waals surface area contributed by atoms with Gasteiger partial charge in [0, 0.05) is 6.07 Å². The van der Waals surface area contributed by atoms with E-state index in [1.165, 1.54) is 24.3 Å². The molecule has 0 radical (unpaired) electrons. The first-order valence-corrected chi connectivity index (χ1v) is 6.00. The molecule has 1 unspecified atom stereocenters. The minimum absolute atomic E-state index is 0.0546. The minimum atomic E-state index is -1.02. The van der Waals surface area contributed by atoms with Crippen LogP contribution in [0.15, 0.2) is 48.5 Å². The van der Waals surface area contributed by atoms with Gasteiger partial charge in [0.2, 0.25) is 0 Å². The fourth-order valence-electron chi connectivity index (χ4n) is 1.77. The summed E-state index contributed by atoms with van der Waals surface area (Å²) in [5.74, 6) is -1.34. The first kappa shape index (κ1) is 13.7. The largest absolute Gasteiger partial charge is 0.508 e. The van der Waals surface area contributed by atoms with Gasteiger partial charge in [0.25, 0.3) is 0 Å². The number of ether oxygens (including phenoxy) is 1. The van der Waals surface area contributed by atoms with Crippen LogP contribution in [0.25, 0.3) is 0 Å². The topological polar surface area (TPSA) is 87.0 Å². The number of aliphatic carboxylic acids is 1. The summed E-state index contributed by atoms with van der Waals surface area (Å²) >= 11 is 0. The second-order valence-electron chi connectivity index (χ2n) is 4.29. The zero-order valence-electron chi connectivity index (χ0n) is 10.6. The van der Waals surface area contributed by atoms with Crippen LogP contribution in [0.1, 0.15) is 11.5 Å². The van der Waals surface area contributed by atoms with Crippen molar-refractivity contribution in [2.24, 2.45) is 0 Å². The monoisotopic (exact) mass is 274 g/mol. The maximum absolute atomic E-state index is 11.3. The number of carboxylic acids is 1. The number of rotatable bonds is 5. The molecule has 0 aliphatic carbocycles. The molecule has 20 heavy (non-hydrogen) atoms. The molecule has 3 N–H and O–H groups in total. The maximum Gasteiger partial charge on any atom is 0.314 e. The van der Waals surface area contributed by atoms with E-state index in [-0.39, 0.29) is 18.1 Å². The first-order chi connectivity index (χ1) is 9.56. The molecule has 0 fully saturated rings. The number of carbonyl (C=O) groups is 1. The number of hydrogen-bond donors (Lipinski definition) is 3. The van der Waals surface area contributed by atoms with Gasteiger partial charge in [-0.2, -0.15) is 0 Å². The van der Waals surface area contributed by atoms with Crippen LogP contribution in [0.3, 0.4) is 0 Å². The van der Waals surface area contributed by atoms with Crippen LogP contribution in [-0.4, -0.2) is 27.9 Å². The molecule has 2 aromatic carbocycles. The van der Waals surface area contributed by atoms with Crippen molar-refractivity contribution >= 4 is 5.97 Å². The van der Waals surface area contributed by atoms with E-state index in [9.17, 15) is 20.1 Å². The van der Waals surface area contributed by atoms with E-state index in [0.717, 1.165) is 0 Å². The van der Waals surface area contributed by atoms with Crippen molar-refractivity contribution in [2.75, 3.05) is 6.61 Å². The molecule has 0 aliphatic heterocycles. The van der Waals surface area contributed by atoms with E-state index >= 15 is 0 Å². The number of phenolic OH excluding ortho intramolecular Hbond substituents is 2. The molecule has 1 atom stereocenters. The number of hydrogen-bond acceptors (Lipinski definition) is 4. The highest BCUT2D eigenvalue weighted by molar-refractivity contribution is 5.76. The molecule has 5 heteroatoms. The highest BCUT2D eigenvalue weighted by Crippen LogP contribution is 2.23. The van der Waals surface area contributed by atoms with Gasteiger partial charge in [0.15, 0.2) is 0 Å². The molecule has 104 valence electrons. The third-order valence-electron chi connectivity index (χ3n) is 2.83. The van der Waals surface area contributed by atoms with Gasteiger partial charge in [-0.3, -0.25) is 4.79 Å². The minimum Gasteiger partial charge on any atom is -0.508 e. The van der Waals surface area contributed by atoms with Crippen molar-refractivity contribution in [3.05, 3.63) is 54.1 Å². The zero-order valence-corrected chi connectivity index (χ0v) is 10.6. The van der Waals surface area contributed by atoms with E-state index in [1.54, 1.807) is 24.3 Å². The van der Waals surface area contributed by atoms with E-state index < -0.39 is 11.9 Å². The Hall–Kier alpha value is -2.69. The van der Waals surface area contributed by atoms with Gasteiger partial charge in [-0.1, -0.05) is 18.2 Å². The Bertz CT molecular complexity index is 591. The highest BCUT2D eigenvalue weighted by Gasteiger charge is 2.20. The van der Waals surface area contributed by atoms with Crippen molar-refractivity contribution in [3.63, 3.8) is 0 Å². The fourth-order valence-corrected chi connectivity index (χ4v) is 1.77. The predicted molar refractivity (Wildman–Crippen MR) is 72.1 cm³/mol. The van der Waals surface area contributed by atoms with Crippen molar-refractivity contribution < 1.29 is 24.9 Å². The SMILES string of the molecule is O=C(O)C(COc1cccc(O)c1)c1ccc(O)cc1. The van der Waals surface area contributed by atoms with E-state index in [2.05, 4.69) is 0 Å². The maximum atomic E-state index is 11.3. The molecular formula is C15H14O5. The first-order valence-electron chi connectivity index (χ1n) is 6.00. The third-order valence-corrected chi connectivity index (χ3v) is 2.83. The Kier molecular flexibility index (Phi) is 4.10. The standard InChI is InChI=1S/C15H14O5/c16-11-6-4-10(5-7-11)14(15(18)19)9-20-13-3-1-2-12(17)8-13/h1-8,14,16-17H,9H2,(H,18,19). The van der Waals surface area contributed by atoms with Gasteiger partial charge >= 0.3 is 5.97 Å². The number of benzene rings is 2. The molecule has 0 bridgehead atoms. The second kappa shape index (κ2) is 5.97. The lowest BCUT2D eigenvalue weighted by Gasteiger charge is -2.14. The van der Waals surface area contributed by atoms with Gasteiger partial charge in [0.05, 0.1) is 0 Å². The van der Waals surface area contributed by atoms with Crippen LogP contribution in [0.2, 0.25) is 0 Å². The smallest absolute Gasteiger partial charge is 0.314 e. The van der Waals surface area contributed by atoms with E-state index in [4.69, 9.17) is 4.74 Å². The van der Waals surface area contributed by atoms with Crippen molar-refractivity contribution in [1.82, 2.24) is 0 Å². The van der Waals surface area contributed by atoms with Gasteiger partial charge in [-0.05, 0) is 29.8 Å². The quantitative estimate of drug-likeness (QED) is 0.779. The van der Waals surface area contributed by atoms with Gasteiger partial charge in [-0.15, -0.1) is 0 Å². The molecule has 0 heterocycles. The van der Waals surface area contributed by atoms with Gasteiger partial charge < -0.3 is 20.1 Å². The normalized spacial score (nSPS) is 11.8. The van der Waals surface area contributed by atoms with Crippen LogP contribution >= 0.6 is 0 Å². The Morgan fingerprint density at radius 2 is 1.75 bits per heavy atom. The van der Waals surface area contributed by atoms with Crippen molar-refractivity contribution in [1.29, 1.82) is 0 Å². The summed E-state index contributed by atoms with van der Waals surface area (Å²) < 4.78 is 5.39. The molecule has 0 aromatic heterocycles. The lowest BCUT2D eigenvalue weighted by molar-refractivity contribution is -0.139. The Labute approximate surface area is 115 Å². The lowest BCUT2D eigenvalue weighted by Crippen LogP contribution is -2.19. The summed E-state index contributed by atoms with van der Waals surface area (Å²) in [6.07, 6.45) is 0. The van der Waals surface area contributed by atoms with Gasteiger partial charge in [0.1, 0.15) is 29.8 Å². The molecule has 0 saturated heterocycles. The summed E-state index contributed by atoms with van der Waals surface area (Å²) in [6.45, 7) is -0.0659. The Morgan fingerprint density at radius 3 is 2.35 bits per heavy atom. The fraction of sp³-hybridized carbons (Fsp3) is 0.133. The molecule has 5 nitrogen and oxygen atoms in total. The summed E-state index contributed by atoms with van der Waals surface area (Å²) in [5.41, 5.74) is 0.537. The molecular weight excluding hydrogens is 260 g/mol. The van der Waals surface area contributed by atoms with Crippen molar-refractivity contribution in [2.45, 2.75) is 5.92 Å². The van der Waals surface area contributed by atoms with Crippen LogP contribution in [-0.2, 0) is 4.79 Å². The summed E-state index contributed by atoms with van der Waals surface area (Å²) in [6, 6.07) is 12.1. The van der Waals surface area contributed by atoms with E-state index in [0.29, 0.717) is 11.3 Å². The average Bonchev–Trinajstić information content (AvgIpc) is 2.41. The molecule has 0 amide bonds. The van der Waals surface area contributed by atoms with Crippen LogP contribution < -0.4 is 4.74 Å². The van der Waals surface area contributed by atoms with Crippen molar-refractivity contribution in [3.8, 4) is 17.2 Å². The van der Waals surface area contributed by atoms with Gasteiger partial charge in [-0.25, -0.2) is 0 Å². The Morgan fingerprint density at radius 1 is 1.05 bits per heavy atom. The number of carboxylic acid groups (broad SMARTS) is 1. The van der Waals surface area contributed by atoms with E-state index in [1.807, 2.05) is 0 Å². The molecule has 0 saturated carbocycles. The Balaban J connectivity index is 2.10. The summed E-state index contributed by atoms with van der Waals surface area (Å²) in [4.78, 5) is 11.3. The van der Waals surface area contributed by atoms with Crippen LogP contribution in [0.5, 0.6) is 17.2 Å². The molecule has 2 aromatic rings.